The molecule has 0 aliphatic carbocycles. The molecule has 4 rings (SSSR count). The van der Waals surface area contributed by atoms with E-state index in [0.717, 1.165) is 36.1 Å². The van der Waals surface area contributed by atoms with E-state index in [4.69, 9.17) is 0 Å². The summed E-state index contributed by atoms with van der Waals surface area (Å²) in [4.78, 5) is 19.7. The predicted molar refractivity (Wildman–Crippen MR) is 106 cm³/mol. The van der Waals surface area contributed by atoms with Gasteiger partial charge in [-0.15, -0.1) is 0 Å². The average molecular weight is 347 g/mol. The van der Waals surface area contributed by atoms with E-state index >= 15 is 0 Å². The van der Waals surface area contributed by atoms with E-state index in [9.17, 15) is 4.79 Å². The van der Waals surface area contributed by atoms with Gasteiger partial charge in [0.25, 0.3) is 5.56 Å². The fraction of sp³-hybridized carbons (Fsp3) is 0.364. The third-order valence-electron chi connectivity index (χ3n) is 5.57. The van der Waals surface area contributed by atoms with Crippen molar-refractivity contribution in [2.45, 2.75) is 32.2 Å². The van der Waals surface area contributed by atoms with Crippen molar-refractivity contribution in [3.8, 4) is 0 Å². The lowest BCUT2D eigenvalue weighted by Gasteiger charge is -2.32. The molecular formula is C22H25N3O. The van der Waals surface area contributed by atoms with Crippen molar-refractivity contribution in [2.24, 2.45) is 0 Å². The number of hydrogen-bond acceptors (Lipinski definition) is 3. The lowest BCUT2D eigenvalue weighted by atomic mass is 9.89. The summed E-state index contributed by atoms with van der Waals surface area (Å²) in [5.74, 6) is 0.667. The summed E-state index contributed by atoms with van der Waals surface area (Å²) in [5, 5.41) is 0.718. The van der Waals surface area contributed by atoms with Gasteiger partial charge in [0.15, 0.2) is 0 Å². The number of fused-ring (bicyclic) bond motifs is 1. The first-order valence-electron chi connectivity index (χ1n) is 9.44. The molecule has 0 unspecified atom stereocenters. The summed E-state index contributed by atoms with van der Waals surface area (Å²) in [6, 6.07) is 16.6. The van der Waals surface area contributed by atoms with Crippen LogP contribution in [0.5, 0.6) is 0 Å². The van der Waals surface area contributed by atoms with E-state index in [0.29, 0.717) is 12.5 Å². The number of benzene rings is 2. The first-order chi connectivity index (χ1) is 12.7. The Labute approximate surface area is 154 Å². The van der Waals surface area contributed by atoms with Crippen molar-refractivity contribution >= 4 is 10.9 Å². The maximum Gasteiger partial charge on any atom is 0.261 e. The van der Waals surface area contributed by atoms with Crippen LogP contribution in [0.2, 0.25) is 0 Å². The zero-order valence-electron chi connectivity index (χ0n) is 15.3. The van der Waals surface area contributed by atoms with Gasteiger partial charge in [0, 0.05) is 13.1 Å². The van der Waals surface area contributed by atoms with E-state index in [1.165, 1.54) is 18.4 Å². The van der Waals surface area contributed by atoms with Gasteiger partial charge in [-0.25, -0.2) is 4.98 Å². The van der Waals surface area contributed by atoms with Crippen molar-refractivity contribution < 1.29 is 0 Å². The lowest BCUT2D eigenvalue weighted by molar-refractivity contribution is 0.204. The van der Waals surface area contributed by atoms with Crippen LogP contribution in [0.1, 0.15) is 29.9 Å². The largest absolute Gasteiger partial charge is 0.302 e. The summed E-state index contributed by atoms with van der Waals surface area (Å²) < 4.78 is 1.76. The number of piperidine rings is 1. The Kier molecular flexibility index (Phi) is 4.85. The second-order valence-electron chi connectivity index (χ2n) is 7.24. The standard InChI is InChI=1S/C22H25N3O/c1-17-6-5-9-20-21(17)23-16-25(22(20)26)15-14-24-12-10-19(11-13-24)18-7-3-2-4-8-18/h2-9,16,19H,10-15H2,1H3. The monoisotopic (exact) mass is 347 g/mol. The minimum atomic E-state index is 0.0675. The van der Waals surface area contributed by atoms with Crippen molar-refractivity contribution in [2.75, 3.05) is 19.6 Å². The van der Waals surface area contributed by atoms with E-state index in [-0.39, 0.29) is 5.56 Å². The molecule has 0 bridgehead atoms. The molecule has 0 N–H and O–H groups in total. The fourth-order valence-electron chi connectivity index (χ4n) is 3.96. The number of likely N-dealkylation sites (tertiary alicyclic amines) is 1. The summed E-state index contributed by atoms with van der Waals surface area (Å²) in [7, 11) is 0. The third kappa shape index (κ3) is 3.42. The zero-order valence-corrected chi connectivity index (χ0v) is 15.3. The summed E-state index contributed by atoms with van der Waals surface area (Å²) in [5.41, 5.74) is 3.39. The molecule has 26 heavy (non-hydrogen) atoms. The minimum Gasteiger partial charge on any atom is -0.302 e. The fourth-order valence-corrected chi connectivity index (χ4v) is 3.96. The predicted octanol–water partition coefficient (Wildman–Crippen LogP) is 3.58. The molecule has 0 spiro atoms. The van der Waals surface area contributed by atoms with E-state index in [1.807, 2.05) is 25.1 Å². The third-order valence-corrected chi connectivity index (χ3v) is 5.57. The Morgan fingerprint density at radius 1 is 1.00 bits per heavy atom. The van der Waals surface area contributed by atoms with Crippen LogP contribution in [-0.4, -0.2) is 34.1 Å². The minimum absolute atomic E-state index is 0.0675. The number of aromatic nitrogens is 2. The molecule has 1 aromatic heterocycles. The van der Waals surface area contributed by atoms with Crippen LogP contribution in [0.25, 0.3) is 10.9 Å². The van der Waals surface area contributed by atoms with E-state index < -0.39 is 0 Å². The summed E-state index contributed by atoms with van der Waals surface area (Å²) >= 11 is 0. The van der Waals surface area contributed by atoms with Gasteiger partial charge in [-0.2, -0.15) is 0 Å². The van der Waals surface area contributed by atoms with Gasteiger partial charge >= 0.3 is 0 Å². The zero-order chi connectivity index (χ0) is 17.9. The highest BCUT2D eigenvalue weighted by Gasteiger charge is 2.20. The molecule has 4 nitrogen and oxygen atoms in total. The molecular weight excluding hydrogens is 322 g/mol. The highest BCUT2D eigenvalue weighted by molar-refractivity contribution is 5.80. The Hall–Kier alpha value is -2.46. The number of nitrogens with zero attached hydrogens (tertiary/aromatic N) is 3. The second kappa shape index (κ2) is 7.42. The van der Waals surface area contributed by atoms with Gasteiger partial charge in [0.2, 0.25) is 0 Å². The normalized spacial score (nSPS) is 16.2. The smallest absolute Gasteiger partial charge is 0.261 e. The van der Waals surface area contributed by atoms with Crippen LogP contribution >= 0.6 is 0 Å². The number of para-hydroxylation sites is 1. The molecule has 1 fully saturated rings. The highest BCUT2D eigenvalue weighted by atomic mass is 16.1. The number of aryl methyl sites for hydroxylation is 1. The highest BCUT2D eigenvalue weighted by Crippen LogP contribution is 2.27. The SMILES string of the molecule is Cc1cccc2c(=O)n(CCN3CCC(c4ccccc4)CC3)cnc12. The second-order valence-corrected chi connectivity index (χ2v) is 7.24. The summed E-state index contributed by atoms with van der Waals surface area (Å²) in [6.45, 7) is 5.78. The molecule has 1 aliphatic rings. The molecule has 0 saturated carbocycles. The Balaban J connectivity index is 1.39. The summed E-state index contributed by atoms with van der Waals surface area (Å²) in [6.07, 6.45) is 4.08. The van der Waals surface area contributed by atoms with Gasteiger partial charge < -0.3 is 4.90 Å². The topological polar surface area (TPSA) is 38.1 Å². The maximum atomic E-state index is 12.7. The van der Waals surface area contributed by atoms with Gasteiger partial charge in [-0.3, -0.25) is 9.36 Å². The van der Waals surface area contributed by atoms with Crippen LogP contribution in [0, 0.1) is 6.92 Å². The van der Waals surface area contributed by atoms with Crippen LogP contribution in [0.4, 0.5) is 0 Å². The van der Waals surface area contributed by atoms with Crippen LogP contribution in [0.3, 0.4) is 0 Å². The lowest BCUT2D eigenvalue weighted by Crippen LogP contribution is -2.36. The molecule has 1 aliphatic heterocycles. The van der Waals surface area contributed by atoms with Gasteiger partial charge in [0.05, 0.1) is 17.2 Å². The first kappa shape index (κ1) is 17.0. The Bertz CT molecular complexity index is 941. The molecule has 134 valence electrons. The molecule has 0 amide bonds. The number of rotatable bonds is 4. The molecule has 0 radical (unpaired) electrons. The van der Waals surface area contributed by atoms with Crippen molar-refractivity contribution in [1.29, 1.82) is 0 Å². The Morgan fingerprint density at radius 2 is 1.77 bits per heavy atom. The molecule has 3 aromatic rings. The first-order valence-corrected chi connectivity index (χ1v) is 9.44. The Morgan fingerprint density at radius 3 is 2.54 bits per heavy atom. The molecule has 4 heteroatoms. The van der Waals surface area contributed by atoms with Crippen LogP contribution in [0.15, 0.2) is 59.7 Å². The van der Waals surface area contributed by atoms with E-state index in [2.05, 4.69) is 40.2 Å². The quantitative estimate of drug-likeness (QED) is 0.724. The molecule has 1 saturated heterocycles. The molecule has 2 heterocycles. The van der Waals surface area contributed by atoms with Crippen molar-refractivity contribution in [3.05, 3.63) is 76.3 Å². The van der Waals surface area contributed by atoms with Gasteiger partial charge in [-0.05, 0) is 56.0 Å². The van der Waals surface area contributed by atoms with Crippen LogP contribution in [-0.2, 0) is 6.54 Å². The van der Waals surface area contributed by atoms with E-state index in [1.54, 1.807) is 10.9 Å². The van der Waals surface area contributed by atoms with Crippen molar-refractivity contribution in [1.82, 2.24) is 14.5 Å². The van der Waals surface area contributed by atoms with Gasteiger partial charge in [0.1, 0.15) is 0 Å². The molecule has 0 atom stereocenters. The van der Waals surface area contributed by atoms with Gasteiger partial charge in [-0.1, -0.05) is 42.5 Å². The average Bonchev–Trinajstić information content (AvgIpc) is 2.69. The number of hydrogen-bond donors (Lipinski definition) is 0. The van der Waals surface area contributed by atoms with Crippen LogP contribution < -0.4 is 5.56 Å². The van der Waals surface area contributed by atoms with Crippen molar-refractivity contribution in [3.63, 3.8) is 0 Å². The maximum absolute atomic E-state index is 12.7. The molecule has 2 aromatic carbocycles.